The topological polar surface area (TPSA) is 103 Å². The van der Waals surface area contributed by atoms with E-state index in [0.717, 1.165) is 51.2 Å². The molecule has 0 spiro atoms. The van der Waals surface area contributed by atoms with Crippen molar-refractivity contribution in [3.8, 4) is 10.6 Å². The summed E-state index contributed by atoms with van der Waals surface area (Å²) in [4.78, 5) is 14.3. The van der Waals surface area contributed by atoms with Gasteiger partial charge in [-0.3, -0.25) is 0 Å². The van der Waals surface area contributed by atoms with E-state index in [1.54, 1.807) is 11.3 Å². The smallest absolute Gasteiger partial charge is 0.224 e. The maximum Gasteiger partial charge on any atom is 0.224 e. The second kappa shape index (κ2) is 7.76. The summed E-state index contributed by atoms with van der Waals surface area (Å²) in [7, 11) is 0. The van der Waals surface area contributed by atoms with E-state index in [1.807, 2.05) is 25.1 Å². The van der Waals surface area contributed by atoms with Crippen molar-refractivity contribution < 1.29 is 10.2 Å². The highest BCUT2D eigenvalue weighted by Gasteiger charge is 2.53. The van der Waals surface area contributed by atoms with Crippen LogP contribution < -0.4 is 10.6 Å². The SMILES string of the molecule is Cc1nc(NCC2CC2)nc(NC[C@@H]2CC2(CO)CO)c1-c1nc2ccccc2s1. The molecule has 2 saturated carbocycles. The van der Waals surface area contributed by atoms with Crippen molar-refractivity contribution in [3.05, 3.63) is 30.0 Å². The highest BCUT2D eigenvalue weighted by atomic mass is 32.1. The Morgan fingerprint density at radius 2 is 1.87 bits per heavy atom. The number of para-hydroxylation sites is 1. The molecule has 3 aromatic rings. The van der Waals surface area contributed by atoms with Gasteiger partial charge in [-0.2, -0.15) is 4.98 Å². The van der Waals surface area contributed by atoms with E-state index < -0.39 is 0 Å². The summed E-state index contributed by atoms with van der Waals surface area (Å²) in [5, 5.41) is 27.0. The molecule has 2 aliphatic carbocycles. The van der Waals surface area contributed by atoms with Crippen molar-refractivity contribution in [2.45, 2.75) is 26.2 Å². The van der Waals surface area contributed by atoms with E-state index >= 15 is 0 Å². The summed E-state index contributed by atoms with van der Waals surface area (Å²) in [5.41, 5.74) is 2.42. The van der Waals surface area contributed by atoms with Gasteiger partial charge in [0.1, 0.15) is 10.8 Å². The summed E-state index contributed by atoms with van der Waals surface area (Å²) in [5.74, 6) is 2.36. The Bertz CT molecular complexity index is 1030. The number of thiazole rings is 1. The maximum atomic E-state index is 9.62. The summed E-state index contributed by atoms with van der Waals surface area (Å²) < 4.78 is 1.13. The number of nitrogens with zero attached hydrogens (tertiary/aromatic N) is 3. The van der Waals surface area contributed by atoms with Crippen LogP contribution in [-0.4, -0.2) is 51.5 Å². The number of benzene rings is 1. The van der Waals surface area contributed by atoms with Crippen LogP contribution in [0.2, 0.25) is 0 Å². The Hall–Kier alpha value is -2.29. The zero-order valence-electron chi connectivity index (χ0n) is 17.1. The Kier molecular flexibility index (Phi) is 5.08. The predicted octanol–water partition coefficient (Wildman–Crippen LogP) is 3.29. The molecule has 0 radical (unpaired) electrons. The third kappa shape index (κ3) is 3.75. The number of hydrogen-bond acceptors (Lipinski definition) is 8. The summed E-state index contributed by atoms with van der Waals surface area (Å²) in [6.07, 6.45) is 3.36. The van der Waals surface area contributed by atoms with E-state index in [-0.39, 0.29) is 24.5 Å². The Labute approximate surface area is 179 Å². The third-order valence-electron chi connectivity index (χ3n) is 6.35. The van der Waals surface area contributed by atoms with Gasteiger partial charge in [-0.25, -0.2) is 9.97 Å². The van der Waals surface area contributed by atoms with Gasteiger partial charge in [-0.15, -0.1) is 11.3 Å². The number of aliphatic hydroxyl groups is 2. The number of aliphatic hydroxyl groups excluding tert-OH is 2. The van der Waals surface area contributed by atoms with E-state index in [4.69, 9.17) is 15.0 Å². The number of anilines is 2. The molecule has 0 bridgehead atoms. The second-order valence-electron chi connectivity index (χ2n) is 8.63. The largest absolute Gasteiger partial charge is 0.396 e. The minimum Gasteiger partial charge on any atom is -0.396 e. The van der Waals surface area contributed by atoms with Gasteiger partial charge in [0.15, 0.2) is 0 Å². The fourth-order valence-electron chi connectivity index (χ4n) is 3.95. The lowest BCUT2D eigenvalue weighted by Crippen LogP contribution is -2.20. The lowest BCUT2D eigenvalue weighted by Gasteiger charge is -2.15. The zero-order chi connectivity index (χ0) is 20.7. The van der Waals surface area contributed by atoms with Crippen molar-refractivity contribution in [1.29, 1.82) is 0 Å². The van der Waals surface area contributed by atoms with Crippen LogP contribution in [0.5, 0.6) is 0 Å². The van der Waals surface area contributed by atoms with Crippen LogP contribution in [0, 0.1) is 24.2 Å². The van der Waals surface area contributed by atoms with Crippen molar-refractivity contribution in [3.63, 3.8) is 0 Å². The fraction of sp³-hybridized carbons (Fsp3) is 0.500. The van der Waals surface area contributed by atoms with Crippen LogP contribution >= 0.6 is 11.3 Å². The molecule has 2 aliphatic rings. The van der Waals surface area contributed by atoms with E-state index in [0.29, 0.717) is 12.5 Å². The first-order valence-corrected chi connectivity index (χ1v) is 11.4. The highest BCUT2D eigenvalue weighted by molar-refractivity contribution is 7.21. The highest BCUT2D eigenvalue weighted by Crippen LogP contribution is 2.51. The Morgan fingerprint density at radius 3 is 2.57 bits per heavy atom. The minimum absolute atomic E-state index is 0.0115. The molecule has 2 fully saturated rings. The van der Waals surface area contributed by atoms with Crippen LogP contribution in [-0.2, 0) is 0 Å². The average Bonchev–Trinajstić information content (AvgIpc) is 3.66. The number of aromatic nitrogens is 3. The van der Waals surface area contributed by atoms with Crippen molar-refractivity contribution in [2.24, 2.45) is 17.3 Å². The fourth-order valence-corrected chi connectivity index (χ4v) is 5.01. The molecule has 5 rings (SSSR count). The van der Waals surface area contributed by atoms with E-state index in [1.165, 1.54) is 12.8 Å². The maximum absolute atomic E-state index is 9.62. The monoisotopic (exact) mass is 425 g/mol. The van der Waals surface area contributed by atoms with Gasteiger partial charge >= 0.3 is 0 Å². The van der Waals surface area contributed by atoms with Crippen LogP contribution in [0.1, 0.15) is 25.0 Å². The van der Waals surface area contributed by atoms with Gasteiger partial charge in [-0.1, -0.05) is 12.1 Å². The lowest BCUT2D eigenvalue weighted by molar-refractivity contribution is 0.123. The summed E-state index contributed by atoms with van der Waals surface area (Å²) in [6, 6.07) is 8.11. The van der Waals surface area contributed by atoms with E-state index in [2.05, 4.69) is 16.7 Å². The molecule has 7 nitrogen and oxygen atoms in total. The Balaban J connectivity index is 1.46. The van der Waals surface area contributed by atoms with Gasteiger partial charge < -0.3 is 20.8 Å². The van der Waals surface area contributed by atoms with Crippen molar-refractivity contribution in [1.82, 2.24) is 15.0 Å². The number of rotatable bonds is 9. The first kappa shape index (κ1) is 19.7. The van der Waals surface area contributed by atoms with Gasteiger partial charge in [0.25, 0.3) is 0 Å². The molecule has 0 aliphatic heterocycles. The molecule has 2 heterocycles. The normalized spacial score (nSPS) is 19.8. The quantitative estimate of drug-likeness (QED) is 0.417. The van der Waals surface area contributed by atoms with E-state index in [9.17, 15) is 10.2 Å². The molecule has 0 amide bonds. The molecule has 30 heavy (non-hydrogen) atoms. The summed E-state index contributed by atoms with van der Waals surface area (Å²) in [6.45, 7) is 3.58. The standard InChI is InChI=1S/C22H27N5O2S/c1-13-18(20-26-16-4-2-3-5-17(16)30-20)19(23-10-15-8-22(15,11-28)12-29)27-21(25-13)24-9-14-6-7-14/h2-5,14-15,28-29H,6-12H2,1H3,(H2,23,24,25,27)/t15-/m0/s1. The molecule has 8 heteroatoms. The van der Waals surface area contributed by atoms with Crippen molar-refractivity contribution in [2.75, 3.05) is 36.9 Å². The van der Waals surface area contributed by atoms with Crippen LogP contribution in [0.25, 0.3) is 20.8 Å². The minimum atomic E-state index is -0.363. The van der Waals surface area contributed by atoms with Crippen LogP contribution in [0.3, 0.4) is 0 Å². The number of hydrogen-bond donors (Lipinski definition) is 4. The Morgan fingerprint density at radius 1 is 1.07 bits per heavy atom. The predicted molar refractivity (Wildman–Crippen MR) is 120 cm³/mol. The molecule has 158 valence electrons. The first-order chi connectivity index (χ1) is 14.6. The second-order valence-corrected chi connectivity index (χ2v) is 9.66. The molecule has 1 atom stereocenters. The number of fused-ring (bicyclic) bond motifs is 1. The third-order valence-corrected chi connectivity index (χ3v) is 7.40. The molecular formula is C22H27N5O2S. The number of aryl methyl sites for hydroxylation is 1. The first-order valence-electron chi connectivity index (χ1n) is 10.6. The van der Waals surface area contributed by atoms with Gasteiger partial charge in [0.05, 0.1) is 34.7 Å². The van der Waals surface area contributed by atoms with Gasteiger partial charge in [-0.05, 0) is 50.2 Å². The molecule has 2 aromatic heterocycles. The average molecular weight is 426 g/mol. The summed E-state index contributed by atoms with van der Waals surface area (Å²) >= 11 is 1.64. The molecule has 0 unspecified atom stereocenters. The van der Waals surface area contributed by atoms with Crippen molar-refractivity contribution >= 4 is 33.3 Å². The lowest BCUT2D eigenvalue weighted by atomic mass is 10.1. The molecule has 1 aromatic carbocycles. The number of nitrogens with one attached hydrogen (secondary N) is 2. The zero-order valence-corrected chi connectivity index (χ0v) is 17.9. The van der Waals surface area contributed by atoms with Gasteiger partial charge in [0, 0.05) is 18.5 Å². The van der Waals surface area contributed by atoms with Gasteiger partial charge in [0.2, 0.25) is 5.95 Å². The van der Waals surface area contributed by atoms with Crippen LogP contribution in [0.4, 0.5) is 11.8 Å². The molecule has 4 N–H and O–H groups in total. The molecular weight excluding hydrogens is 398 g/mol. The van der Waals surface area contributed by atoms with Crippen LogP contribution in [0.15, 0.2) is 24.3 Å². The molecule has 0 saturated heterocycles.